The first kappa shape index (κ1) is 28.3. The Hall–Kier alpha value is -3.27. The molecule has 0 aliphatic carbocycles. The molecule has 1 fully saturated rings. The van der Waals surface area contributed by atoms with E-state index in [9.17, 15) is 17.6 Å². The van der Waals surface area contributed by atoms with Crippen LogP contribution in [0.3, 0.4) is 0 Å². The zero-order valence-corrected chi connectivity index (χ0v) is 23.6. The van der Waals surface area contributed by atoms with E-state index in [1.807, 2.05) is 0 Å². The Morgan fingerprint density at radius 1 is 0.975 bits per heavy atom. The third-order valence-electron chi connectivity index (χ3n) is 8.12. The number of Topliss-reactive ketones (excluding diaryl/α,β-unsaturated/α-hetero) is 1. The Bertz CT molecular complexity index is 1430. The highest BCUT2D eigenvalue weighted by Gasteiger charge is 2.44. The number of hydrogen-bond acceptors (Lipinski definition) is 6. The summed E-state index contributed by atoms with van der Waals surface area (Å²) in [5.41, 5.74) is 5.55. The van der Waals surface area contributed by atoms with Crippen LogP contribution in [0.5, 0.6) is 0 Å². The summed E-state index contributed by atoms with van der Waals surface area (Å²) < 4.78 is 42.2. The molecule has 7 nitrogen and oxygen atoms in total. The van der Waals surface area contributed by atoms with Crippen molar-refractivity contribution in [3.8, 4) is 0 Å². The molecule has 0 saturated carbocycles. The maximum Gasteiger partial charge on any atom is 0.269 e. The molecule has 3 aliphatic rings. The number of carbonyl (C=O) groups is 1. The molecular formula is C31H36FN3O4S. The number of halogens is 1. The summed E-state index contributed by atoms with van der Waals surface area (Å²) >= 11 is 0. The molecule has 1 N–H and O–H groups in total. The highest BCUT2D eigenvalue weighted by Crippen LogP contribution is 2.50. The van der Waals surface area contributed by atoms with Gasteiger partial charge in [0.1, 0.15) is 11.6 Å². The van der Waals surface area contributed by atoms with Gasteiger partial charge in [0.05, 0.1) is 11.4 Å². The van der Waals surface area contributed by atoms with Crippen molar-refractivity contribution >= 4 is 27.3 Å². The molecule has 3 aromatic carbocycles. The molecule has 212 valence electrons. The average Bonchev–Trinajstić information content (AvgIpc) is 3.25. The monoisotopic (exact) mass is 565 g/mol. The van der Waals surface area contributed by atoms with Crippen LogP contribution in [0.2, 0.25) is 0 Å². The first-order valence-corrected chi connectivity index (χ1v) is 15.4. The second-order valence-corrected chi connectivity index (χ2v) is 12.3. The van der Waals surface area contributed by atoms with Crippen LogP contribution >= 0.6 is 0 Å². The number of likely N-dealkylation sites (tertiary alicyclic amines) is 1. The van der Waals surface area contributed by atoms with E-state index in [4.69, 9.17) is 4.55 Å². The van der Waals surface area contributed by atoms with Gasteiger partial charge in [-0.3, -0.25) is 9.35 Å². The molecule has 3 aromatic rings. The highest BCUT2D eigenvalue weighted by atomic mass is 32.2. The van der Waals surface area contributed by atoms with Gasteiger partial charge in [0.15, 0.2) is 5.78 Å². The number of hydrogen-bond donors (Lipinski definition) is 1. The largest absolute Gasteiger partial charge is 0.371 e. The molecule has 6 rings (SSSR count). The van der Waals surface area contributed by atoms with Crippen LogP contribution in [0, 0.1) is 5.82 Å². The lowest BCUT2D eigenvalue weighted by molar-refractivity contribution is 0.0971. The Morgan fingerprint density at radius 3 is 2.45 bits per heavy atom. The number of benzene rings is 3. The van der Waals surface area contributed by atoms with Crippen molar-refractivity contribution in [2.75, 3.05) is 49.6 Å². The van der Waals surface area contributed by atoms with Crippen molar-refractivity contribution in [2.45, 2.75) is 37.0 Å². The Morgan fingerprint density at radius 2 is 1.73 bits per heavy atom. The Kier molecular flexibility index (Phi) is 8.54. The zero-order valence-electron chi connectivity index (χ0n) is 22.7. The molecule has 3 heterocycles. The van der Waals surface area contributed by atoms with Gasteiger partial charge in [-0.05, 0) is 60.8 Å². The number of fused-ring (bicyclic) bond motifs is 3. The Labute approximate surface area is 236 Å². The molecule has 3 aliphatic heterocycles. The molecule has 1 saturated heterocycles. The Balaban J connectivity index is 0.000000248. The van der Waals surface area contributed by atoms with Crippen molar-refractivity contribution in [2.24, 2.45) is 0 Å². The van der Waals surface area contributed by atoms with Crippen molar-refractivity contribution < 1.29 is 22.2 Å². The minimum absolute atomic E-state index is 0.107. The van der Waals surface area contributed by atoms with Crippen LogP contribution in [0.4, 0.5) is 15.8 Å². The minimum Gasteiger partial charge on any atom is -0.371 e. The summed E-state index contributed by atoms with van der Waals surface area (Å²) in [6, 6.07) is 21.8. The zero-order chi connectivity index (χ0) is 28.3. The van der Waals surface area contributed by atoms with Crippen molar-refractivity contribution in [3.05, 3.63) is 95.3 Å². The van der Waals surface area contributed by atoms with Crippen LogP contribution in [0.1, 0.15) is 46.7 Å². The number of ketones is 1. The van der Waals surface area contributed by atoms with Gasteiger partial charge < -0.3 is 14.7 Å². The second-order valence-electron chi connectivity index (χ2n) is 10.8. The molecule has 0 spiro atoms. The summed E-state index contributed by atoms with van der Waals surface area (Å²) in [5, 5.41) is 0. The second kappa shape index (κ2) is 12.1. The van der Waals surface area contributed by atoms with Crippen molar-refractivity contribution in [1.82, 2.24) is 4.90 Å². The third-order valence-corrected chi connectivity index (χ3v) is 8.82. The van der Waals surface area contributed by atoms with E-state index < -0.39 is 10.1 Å². The summed E-state index contributed by atoms with van der Waals surface area (Å²) in [5.74, 6) is 0.0656. The fraction of sp³-hybridized carbons (Fsp3) is 0.387. The van der Waals surface area contributed by atoms with E-state index in [0.29, 0.717) is 29.5 Å². The summed E-state index contributed by atoms with van der Waals surface area (Å²) in [7, 11) is -1.68. The van der Waals surface area contributed by atoms with Crippen LogP contribution in [-0.4, -0.2) is 69.5 Å². The predicted octanol–water partition coefficient (Wildman–Crippen LogP) is 4.99. The lowest BCUT2D eigenvalue weighted by atomic mass is 9.89. The van der Waals surface area contributed by atoms with Gasteiger partial charge in [0, 0.05) is 57.2 Å². The molecule has 0 unspecified atom stereocenters. The quantitative estimate of drug-likeness (QED) is 0.319. The molecule has 0 amide bonds. The number of piperidine rings is 1. The van der Waals surface area contributed by atoms with Crippen LogP contribution in [0.15, 0.2) is 72.8 Å². The van der Waals surface area contributed by atoms with Crippen LogP contribution in [-0.2, 0) is 15.9 Å². The van der Waals surface area contributed by atoms with Gasteiger partial charge in [0.25, 0.3) is 10.1 Å². The fourth-order valence-electron chi connectivity index (χ4n) is 6.21. The SMILES string of the molecule is CN1CCN2c3c(cccc31)[C@@H]1CN(CCCC(=O)c3ccc(F)cc3)CC[C@@H]12.O=S(=O)(O)Cc1ccccc1. The maximum absolute atomic E-state index is 13.0. The van der Waals surface area contributed by atoms with E-state index in [0.717, 1.165) is 39.1 Å². The number of nitrogens with zero attached hydrogens (tertiary/aromatic N) is 3. The number of anilines is 2. The van der Waals surface area contributed by atoms with E-state index in [1.165, 1.54) is 35.5 Å². The maximum atomic E-state index is 13.0. The fourth-order valence-corrected chi connectivity index (χ4v) is 6.82. The van der Waals surface area contributed by atoms with Gasteiger partial charge in [0.2, 0.25) is 0 Å². The van der Waals surface area contributed by atoms with E-state index in [2.05, 4.69) is 39.9 Å². The molecule has 0 aromatic heterocycles. The first-order valence-electron chi connectivity index (χ1n) is 13.8. The van der Waals surface area contributed by atoms with Crippen LogP contribution in [0.25, 0.3) is 0 Å². The molecule has 9 heteroatoms. The first-order chi connectivity index (χ1) is 19.2. The average molecular weight is 566 g/mol. The summed E-state index contributed by atoms with van der Waals surface area (Å²) in [6.07, 6.45) is 2.56. The lowest BCUT2D eigenvalue weighted by Crippen LogP contribution is -2.49. The molecule has 0 bridgehead atoms. The number of para-hydroxylation sites is 1. The molecule has 2 atom stereocenters. The van der Waals surface area contributed by atoms with Crippen molar-refractivity contribution in [1.29, 1.82) is 0 Å². The predicted molar refractivity (Wildman–Crippen MR) is 156 cm³/mol. The third kappa shape index (κ3) is 6.54. The van der Waals surface area contributed by atoms with E-state index >= 15 is 0 Å². The molecule has 0 radical (unpaired) electrons. The van der Waals surface area contributed by atoms with Gasteiger partial charge >= 0.3 is 0 Å². The van der Waals surface area contributed by atoms with Crippen LogP contribution < -0.4 is 9.80 Å². The normalized spacial score (nSPS) is 19.9. The summed E-state index contributed by atoms with van der Waals surface area (Å²) in [4.78, 5) is 19.9. The number of likely N-dealkylation sites (N-methyl/N-ethyl adjacent to an activating group) is 1. The number of rotatable bonds is 7. The smallest absolute Gasteiger partial charge is 0.269 e. The van der Waals surface area contributed by atoms with E-state index in [1.54, 1.807) is 42.5 Å². The molecular weight excluding hydrogens is 529 g/mol. The van der Waals surface area contributed by atoms with Crippen molar-refractivity contribution in [3.63, 3.8) is 0 Å². The summed E-state index contributed by atoms with van der Waals surface area (Å²) in [6.45, 7) is 5.33. The lowest BCUT2D eigenvalue weighted by Gasteiger charge is -2.41. The standard InChI is InChI=1S/C24H28FN3O.C7H8O3S/c1-26-14-15-28-21-11-13-27(16-20(21)19-4-2-5-22(26)24(19)28)12-3-6-23(29)17-7-9-18(25)10-8-17;8-11(9,10)6-7-4-2-1-3-5-7/h2,4-5,7-10,20-21H,3,6,11-16H2,1H3;1-5H,6H2,(H,8,9,10)/t20-,21-;/m0./s1. The van der Waals surface area contributed by atoms with E-state index in [-0.39, 0.29) is 17.4 Å². The van der Waals surface area contributed by atoms with Gasteiger partial charge in [-0.15, -0.1) is 0 Å². The van der Waals surface area contributed by atoms with Gasteiger partial charge in [-0.1, -0.05) is 42.5 Å². The van der Waals surface area contributed by atoms with Gasteiger partial charge in [-0.25, -0.2) is 4.39 Å². The topological polar surface area (TPSA) is 81.2 Å². The number of carbonyl (C=O) groups excluding carboxylic acids is 1. The van der Waals surface area contributed by atoms with Gasteiger partial charge in [-0.2, -0.15) is 8.42 Å². The highest BCUT2D eigenvalue weighted by molar-refractivity contribution is 7.85. The minimum atomic E-state index is -3.88. The molecule has 40 heavy (non-hydrogen) atoms.